The van der Waals surface area contributed by atoms with Gasteiger partial charge in [-0.2, -0.15) is 0 Å². The highest BCUT2D eigenvalue weighted by Gasteiger charge is 2.23. The summed E-state index contributed by atoms with van der Waals surface area (Å²) in [4.78, 5) is 0. The van der Waals surface area contributed by atoms with E-state index in [-0.39, 0.29) is 0 Å². The van der Waals surface area contributed by atoms with Gasteiger partial charge in [-0.1, -0.05) is 46.5 Å². The Morgan fingerprint density at radius 3 is 1.33 bits per heavy atom. The number of nitrogens with zero attached hydrogens (tertiary/aromatic N) is 1. The van der Waals surface area contributed by atoms with Gasteiger partial charge in [0.2, 0.25) is 0 Å². The van der Waals surface area contributed by atoms with Gasteiger partial charge in [0.1, 0.15) is 6.04 Å². The first-order valence-electron chi connectivity index (χ1n) is 6.58. The van der Waals surface area contributed by atoms with Crippen molar-refractivity contribution in [2.45, 2.75) is 59.3 Å². The van der Waals surface area contributed by atoms with Gasteiger partial charge in [-0.3, -0.25) is 0 Å². The second-order valence-electron chi connectivity index (χ2n) is 4.51. The molecule has 0 aromatic rings. The molecule has 15 heavy (non-hydrogen) atoms. The number of rotatable bonds is 9. The summed E-state index contributed by atoms with van der Waals surface area (Å²) in [6.45, 7) is 10.2. The fourth-order valence-electron chi connectivity index (χ4n) is 1.91. The molecule has 0 saturated heterocycles. The molecule has 0 radical (unpaired) electrons. The van der Waals surface area contributed by atoms with E-state index in [1.165, 1.54) is 58.2 Å². The van der Waals surface area contributed by atoms with Crippen molar-refractivity contribution in [2.75, 3.05) is 19.6 Å². The number of hydrogen-bond acceptors (Lipinski definition) is 0. The third kappa shape index (κ3) is 5.85. The van der Waals surface area contributed by atoms with Crippen LogP contribution in [0.15, 0.2) is 0 Å². The molecule has 0 N–H and O–H groups in total. The van der Waals surface area contributed by atoms with E-state index in [0.717, 1.165) is 4.48 Å². The Kier molecular flexibility index (Phi) is 8.52. The second-order valence-corrected chi connectivity index (χ2v) is 4.51. The van der Waals surface area contributed by atoms with Crippen LogP contribution in [0.25, 0.3) is 0 Å². The molecular weight excluding hydrogens is 182 g/mol. The first-order valence-corrected chi connectivity index (χ1v) is 6.58. The monoisotopic (exact) mass is 210 g/mol. The SMILES string of the molecule is C#C[N+](CCCC)(CCCC)CCCC. The lowest BCUT2D eigenvalue weighted by molar-refractivity contribution is -0.864. The van der Waals surface area contributed by atoms with Crippen LogP contribution in [0.3, 0.4) is 0 Å². The summed E-state index contributed by atoms with van der Waals surface area (Å²) in [5.74, 6) is 0. The normalized spacial score (nSPS) is 11.3. The summed E-state index contributed by atoms with van der Waals surface area (Å²) in [6.07, 6.45) is 13.3. The van der Waals surface area contributed by atoms with Crippen molar-refractivity contribution >= 4 is 0 Å². The molecule has 0 aliphatic carbocycles. The molecule has 0 atom stereocenters. The van der Waals surface area contributed by atoms with Crippen LogP contribution in [0.5, 0.6) is 0 Å². The third-order valence-electron chi connectivity index (χ3n) is 3.09. The molecule has 1 nitrogen and oxygen atoms in total. The summed E-state index contributed by atoms with van der Waals surface area (Å²) in [6, 6.07) is 3.06. The molecule has 88 valence electrons. The molecule has 0 saturated carbocycles. The van der Waals surface area contributed by atoms with Crippen LogP contribution in [0.1, 0.15) is 59.3 Å². The van der Waals surface area contributed by atoms with Gasteiger partial charge in [-0.15, -0.1) is 0 Å². The molecule has 0 spiro atoms. The van der Waals surface area contributed by atoms with Gasteiger partial charge in [0.15, 0.2) is 0 Å². The minimum atomic E-state index is 0.912. The number of terminal acetylenes is 1. The fraction of sp³-hybridized carbons (Fsp3) is 0.857. The minimum Gasteiger partial charge on any atom is -0.247 e. The summed E-state index contributed by atoms with van der Waals surface area (Å²) >= 11 is 0. The zero-order valence-corrected chi connectivity index (χ0v) is 10.9. The number of unbranched alkanes of at least 4 members (excludes halogenated alkanes) is 3. The van der Waals surface area contributed by atoms with Crippen molar-refractivity contribution in [3.8, 4) is 12.5 Å². The molecule has 0 bridgehead atoms. The maximum Gasteiger partial charge on any atom is 0.133 e. The summed E-state index contributed by atoms with van der Waals surface area (Å²) in [5, 5.41) is 0. The van der Waals surface area contributed by atoms with E-state index in [1.54, 1.807) is 0 Å². The molecule has 0 heterocycles. The highest BCUT2D eigenvalue weighted by Crippen LogP contribution is 2.12. The average Bonchev–Trinajstić information content (AvgIpc) is 2.29. The Labute approximate surface area is 96.5 Å². The quantitative estimate of drug-likeness (QED) is 0.401. The zero-order chi connectivity index (χ0) is 11.6. The van der Waals surface area contributed by atoms with Crippen molar-refractivity contribution < 1.29 is 4.48 Å². The van der Waals surface area contributed by atoms with Gasteiger partial charge < -0.3 is 0 Å². The van der Waals surface area contributed by atoms with Gasteiger partial charge in [-0.05, 0) is 19.3 Å². The molecule has 0 aliphatic rings. The van der Waals surface area contributed by atoms with E-state index >= 15 is 0 Å². The predicted octanol–water partition coefficient (Wildman–Crippen LogP) is 3.79. The highest BCUT2D eigenvalue weighted by molar-refractivity contribution is 4.73. The van der Waals surface area contributed by atoms with Gasteiger partial charge in [-0.25, -0.2) is 4.48 Å². The number of quaternary nitrogens is 1. The molecule has 0 aromatic carbocycles. The Morgan fingerprint density at radius 2 is 1.13 bits per heavy atom. The molecule has 0 aromatic heterocycles. The largest absolute Gasteiger partial charge is 0.247 e. The molecular formula is C14H28N+. The van der Waals surface area contributed by atoms with Crippen molar-refractivity contribution in [3.05, 3.63) is 0 Å². The van der Waals surface area contributed by atoms with E-state index in [2.05, 4.69) is 26.8 Å². The molecule has 0 aliphatic heterocycles. The Bertz CT molecular complexity index is 156. The maximum absolute atomic E-state index is 5.75. The average molecular weight is 210 g/mol. The highest BCUT2D eigenvalue weighted by atomic mass is 15.3. The van der Waals surface area contributed by atoms with Crippen LogP contribution in [0.2, 0.25) is 0 Å². The van der Waals surface area contributed by atoms with E-state index in [4.69, 9.17) is 6.42 Å². The van der Waals surface area contributed by atoms with Crippen molar-refractivity contribution in [1.29, 1.82) is 0 Å². The lowest BCUT2D eigenvalue weighted by atomic mass is 10.2. The molecule has 1 heteroatoms. The van der Waals surface area contributed by atoms with Crippen LogP contribution in [0, 0.1) is 12.5 Å². The van der Waals surface area contributed by atoms with Crippen LogP contribution in [0.4, 0.5) is 0 Å². The Balaban J connectivity index is 4.25. The van der Waals surface area contributed by atoms with Gasteiger partial charge in [0.05, 0.1) is 19.6 Å². The van der Waals surface area contributed by atoms with Crippen molar-refractivity contribution in [2.24, 2.45) is 0 Å². The zero-order valence-electron chi connectivity index (χ0n) is 10.9. The standard InChI is InChI=1S/C14H28N/c1-5-9-12-15(8-4,13-10-6-2)14-11-7-3/h4H,5-7,9-14H2,1-3H3/q+1. The minimum absolute atomic E-state index is 0.912. The topological polar surface area (TPSA) is 0 Å². The van der Waals surface area contributed by atoms with Gasteiger partial charge >= 0.3 is 0 Å². The van der Waals surface area contributed by atoms with E-state index in [0.29, 0.717) is 0 Å². The van der Waals surface area contributed by atoms with Crippen LogP contribution in [-0.4, -0.2) is 24.1 Å². The maximum atomic E-state index is 5.75. The van der Waals surface area contributed by atoms with E-state index in [9.17, 15) is 0 Å². The van der Waals surface area contributed by atoms with Gasteiger partial charge in [0.25, 0.3) is 0 Å². The summed E-state index contributed by atoms with van der Waals surface area (Å²) in [5.41, 5.74) is 0. The lowest BCUT2D eigenvalue weighted by Gasteiger charge is -2.31. The summed E-state index contributed by atoms with van der Waals surface area (Å²) < 4.78 is 0.912. The molecule has 0 rings (SSSR count). The van der Waals surface area contributed by atoms with E-state index < -0.39 is 0 Å². The third-order valence-corrected chi connectivity index (χ3v) is 3.09. The molecule has 0 unspecified atom stereocenters. The van der Waals surface area contributed by atoms with Crippen molar-refractivity contribution in [1.82, 2.24) is 0 Å². The predicted molar refractivity (Wildman–Crippen MR) is 68.4 cm³/mol. The smallest absolute Gasteiger partial charge is 0.133 e. The van der Waals surface area contributed by atoms with Crippen molar-refractivity contribution in [3.63, 3.8) is 0 Å². The van der Waals surface area contributed by atoms with Crippen LogP contribution < -0.4 is 0 Å². The summed E-state index contributed by atoms with van der Waals surface area (Å²) in [7, 11) is 0. The Morgan fingerprint density at radius 1 is 0.800 bits per heavy atom. The first-order chi connectivity index (χ1) is 7.24. The van der Waals surface area contributed by atoms with Gasteiger partial charge in [0, 0.05) is 0 Å². The van der Waals surface area contributed by atoms with Crippen LogP contribution in [-0.2, 0) is 0 Å². The van der Waals surface area contributed by atoms with E-state index in [1.807, 2.05) is 0 Å². The van der Waals surface area contributed by atoms with Crippen LogP contribution >= 0.6 is 0 Å². The fourth-order valence-corrected chi connectivity index (χ4v) is 1.91. The Hall–Kier alpha value is -0.480. The molecule has 0 fully saturated rings. The number of hydrogen-bond donors (Lipinski definition) is 0. The molecule has 0 amide bonds. The second kappa shape index (κ2) is 8.80. The lowest BCUT2D eigenvalue weighted by Crippen LogP contribution is -2.45. The first kappa shape index (κ1) is 14.5.